The maximum Gasteiger partial charge on any atom is 0.360 e. The van der Waals surface area contributed by atoms with Gasteiger partial charge in [0, 0.05) is 10.3 Å². The molecule has 1 amide bonds. The molecule has 0 aliphatic carbocycles. The highest BCUT2D eigenvalue weighted by molar-refractivity contribution is 7.09. The minimum absolute atomic E-state index is 0.0156. The Bertz CT molecular complexity index is 1060. The lowest BCUT2D eigenvalue weighted by atomic mass is 10.1. The zero-order chi connectivity index (χ0) is 20.3. The van der Waals surface area contributed by atoms with E-state index in [0.717, 1.165) is 4.88 Å². The number of nitrogens with zero attached hydrogens (tertiary/aromatic N) is 2. The van der Waals surface area contributed by atoms with E-state index in [1.807, 2.05) is 17.5 Å². The summed E-state index contributed by atoms with van der Waals surface area (Å²) in [6, 6.07) is 10.3. The minimum Gasteiger partial charge on any atom is -0.448 e. The molecule has 0 saturated heterocycles. The van der Waals surface area contributed by atoms with Crippen molar-refractivity contribution in [1.29, 1.82) is 0 Å². The normalized spacial score (nSPS) is 12.1. The van der Waals surface area contributed by atoms with E-state index in [1.165, 1.54) is 22.9 Å². The number of esters is 1. The number of amides is 1. The van der Waals surface area contributed by atoms with E-state index in [0.29, 0.717) is 17.3 Å². The molecule has 2 heterocycles. The third-order valence-electron chi connectivity index (χ3n) is 4.18. The molecule has 1 atom stereocenters. The summed E-state index contributed by atoms with van der Waals surface area (Å²) in [6.07, 6.45) is -0.993. The quantitative estimate of drug-likeness (QED) is 0.644. The average Bonchev–Trinajstić information content (AvgIpc) is 3.19. The van der Waals surface area contributed by atoms with Gasteiger partial charge in [-0.1, -0.05) is 24.3 Å². The highest BCUT2D eigenvalue weighted by Crippen LogP contribution is 2.16. The topological polar surface area (TPSA) is 90.3 Å². The van der Waals surface area contributed by atoms with Crippen LogP contribution < -0.4 is 10.9 Å². The average molecular weight is 399 g/mol. The summed E-state index contributed by atoms with van der Waals surface area (Å²) in [5, 5.41) is 9.64. The van der Waals surface area contributed by atoms with Crippen LogP contribution in [0.2, 0.25) is 0 Å². The number of hydrogen-bond donors (Lipinski definition) is 1. The molecule has 0 saturated carbocycles. The number of fused-ring (bicyclic) bond motifs is 1. The summed E-state index contributed by atoms with van der Waals surface area (Å²) in [5.74, 6) is -1.15. The predicted octanol–water partition coefficient (Wildman–Crippen LogP) is 2.90. The van der Waals surface area contributed by atoms with Crippen molar-refractivity contribution in [2.75, 3.05) is 0 Å². The third-order valence-corrected chi connectivity index (χ3v) is 5.06. The number of hydrogen-bond acceptors (Lipinski definition) is 6. The molecule has 0 radical (unpaired) electrons. The monoisotopic (exact) mass is 399 g/mol. The summed E-state index contributed by atoms with van der Waals surface area (Å²) >= 11 is 1.53. The van der Waals surface area contributed by atoms with Gasteiger partial charge in [-0.05, 0) is 38.3 Å². The van der Waals surface area contributed by atoms with Gasteiger partial charge in [0.1, 0.15) is 0 Å². The van der Waals surface area contributed by atoms with Gasteiger partial charge in [0.25, 0.3) is 11.5 Å². The maximum atomic E-state index is 12.7. The van der Waals surface area contributed by atoms with Gasteiger partial charge in [-0.15, -0.1) is 11.3 Å². The summed E-state index contributed by atoms with van der Waals surface area (Å²) < 4.78 is 6.58. The first-order valence-electron chi connectivity index (χ1n) is 8.91. The Morgan fingerprint density at radius 2 is 1.86 bits per heavy atom. The smallest absolute Gasteiger partial charge is 0.360 e. The molecular weight excluding hydrogens is 378 g/mol. The van der Waals surface area contributed by atoms with Crippen LogP contribution in [0.25, 0.3) is 10.8 Å². The van der Waals surface area contributed by atoms with Crippen LogP contribution in [0, 0.1) is 0 Å². The molecule has 28 heavy (non-hydrogen) atoms. The van der Waals surface area contributed by atoms with Crippen molar-refractivity contribution in [1.82, 2.24) is 15.1 Å². The van der Waals surface area contributed by atoms with Crippen LogP contribution in [0.15, 0.2) is 46.6 Å². The van der Waals surface area contributed by atoms with Gasteiger partial charge >= 0.3 is 5.97 Å². The second-order valence-electron chi connectivity index (χ2n) is 6.58. The van der Waals surface area contributed by atoms with Crippen molar-refractivity contribution in [3.05, 3.63) is 62.7 Å². The Kier molecular flexibility index (Phi) is 5.89. The van der Waals surface area contributed by atoms with Gasteiger partial charge in [-0.3, -0.25) is 9.59 Å². The second-order valence-corrected chi connectivity index (χ2v) is 7.61. The molecule has 0 spiro atoms. The molecule has 8 heteroatoms. The molecule has 0 fully saturated rings. The Balaban J connectivity index is 1.81. The van der Waals surface area contributed by atoms with Crippen LogP contribution in [0.3, 0.4) is 0 Å². The summed E-state index contributed by atoms with van der Waals surface area (Å²) in [5.41, 5.74) is -0.259. The lowest BCUT2D eigenvalue weighted by molar-refractivity contribution is -0.129. The third kappa shape index (κ3) is 4.12. The highest BCUT2D eigenvalue weighted by atomic mass is 32.1. The predicted molar refractivity (Wildman–Crippen MR) is 107 cm³/mol. The van der Waals surface area contributed by atoms with Crippen LogP contribution >= 0.6 is 11.3 Å². The molecular formula is C20H21N3O4S. The highest BCUT2D eigenvalue weighted by Gasteiger charge is 2.23. The summed E-state index contributed by atoms with van der Waals surface area (Å²) in [7, 11) is 0. The fraction of sp³-hybridized carbons (Fsp3) is 0.300. The molecule has 3 rings (SSSR count). The SMILES string of the molecule is CC(OC(=O)c1nn(C(C)C)c(=O)c2ccccc12)C(=O)NCc1cccs1. The fourth-order valence-corrected chi connectivity index (χ4v) is 3.35. The maximum absolute atomic E-state index is 12.7. The molecule has 1 N–H and O–H groups in total. The van der Waals surface area contributed by atoms with Crippen LogP contribution in [0.5, 0.6) is 0 Å². The van der Waals surface area contributed by atoms with Crippen molar-refractivity contribution in [3.63, 3.8) is 0 Å². The number of carbonyl (C=O) groups is 2. The van der Waals surface area contributed by atoms with Crippen LogP contribution in [-0.4, -0.2) is 27.8 Å². The molecule has 1 aromatic carbocycles. The van der Waals surface area contributed by atoms with E-state index in [2.05, 4.69) is 10.4 Å². The second kappa shape index (κ2) is 8.35. The van der Waals surface area contributed by atoms with Crippen LogP contribution in [-0.2, 0) is 16.1 Å². The van der Waals surface area contributed by atoms with E-state index in [-0.39, 0.29) is 17.3 Å². The number of aromatic nitrogens is 2. The number of nitrogens with one attached hydrogen (secondary N) is 1. The zero-order valence-corrected chi connectivity index (χ0v) is 16.7. The van der Waals surface area contributed by atoms with E-state index in [9.17, 15) is 14.4 Å². The van der Waals surface area contributed by atoms with Crippen molar-refractivity contribution < 1.29 is 14.3 Å². The Labute approximate surface area is 165 Å². The van der Waals surface area contributed by atoms with E-state index in [1.54, 1.807) is 38.1 Å². The molecule has 2 aromatic heterocycles. The standard InChI is InChI=1S/C20H21N3O4S/c1-12(2)23-19(25)16-9-5-4-8-15(16)17(22-23)20(26)27-13(3)18(24)21-11-14-7-6-10-28-14/h4-10,12-13H,11H2,1-3H3,(H,21,24). The Morgan fingerprint density at radius 1 is 1.14 bits per heavy atom. The molecule has 0 aliphatic heterocycles. The summed E-state index contributed by atoms with van der Waals surface area (Å²) in [6.45, 7) is 5.48. The first-order valence-corrected chi connectivity index (χ1v) is 9.79. The Hall–Kier alpha value is -3.00. The minimum atomic E-state index is -0.993. The van der Waals surface area contributed by atoms with Gasteiger partial charge in [-0.2, -0.15) is 5.10 Å². The van der Waals surface area contributed by atoms with Crippen molar-refractivity contribution in [3.8, 4) is 0 Å². The van der Waals surface area contributed by atoms with E-state index >= 15 is 0 Å². The van der Waals surface area contributed by atoms with Gasteiger partial charge in [0.15, 0.2) is 11.8 Å². The van der Waals surface area contributed by atoms with Gasteiger partial charge in [0.2, 0.25) is 0 Å². The fourth-order valence-electron chi connectivity index (χ4n) is 2.71. The first kappa shape index (κ1) is 19.8. The lowest BCUT2D eigenvalue weighted by Crippen LogP contribution is -2.36. The zero-order valence-electron chi connectivity index (χ0n) is 15.8. The number of benzene rings is 1. The number of carbonyl (C=O) groups excluding carboxylic acids is 2. The largest absolute Gasteiger partial charge is 0.448 e. The Morgan fingerprint density at radius 3 is 2.50 bits per heavy atom. The molecule has 0 bridgehead atoms. The van der Waals surface area contributed by atoms with E-state index < -0.39 is 18.0 Å². The molecule has 0 aliphatic rings. The molecule has 146 valence electrons. The van der Waals surface area contributed by atoms with Crippen molar-refractivity contribution in [2.45, 2.75) is 39.5 Å². The van der Waals surface area contributed by atoms with E-state index in [4.69, 9.17) is 4.74 Å². The first-order chi connectivity index (χ1) is 13.4. The van der Waals surface area contributed by atoms with Crippen molar-refractivity contribution >= 4 is 34.0 Å². The lowest BCUT2D eigenvalue weighted by Gasteiger charge is -2.15. The van der Waals surface area contributed by atoms with Crippen LogP contribution in [0.1, 0.15) is 42.2 Å². The summed E-state index contributed by atoms with van der Waals surface area (Å²) in [4.78, 5) is 38.5. The van der Waals surface area contributed by atoms with Gasteiger partial charge < -0.3 is 10.1 Å². The van der Waals surface area contributed by atoms with Gasteiger partial charge in [0.05, 0.1) is 18.0 Å². The van der Waals surface area contributed by atoms with Gasteiger partial charge in [-0.25, -0.2) is 9.48 Å². The molecule has 3 aromatic rings. The number of ether oxygens (including phenoxy) is 1. The molecule has 7 nitrogen and oxygen atoms in total. The number of rotatable bonds is 6. The van der Waals surface area contributed by atoms with Crippen LogP contribution in [0.4, 0.5) is 0 Å². The van der Waals surface area contributed by atoms with Crippen molar-refractivity contribution in [2.24, 2.45) is 0 Å². The number of thiophene rings is 1. The molecule has 1 unspecified atom stereocenters.